The molecule has 1 aliphatic rings. The predicted octanol–water partition coefficient (Wildman–Crippen LogP) is 1.98. The van der Waals surface area contributed by atoms with Crippen LogP contribution in [0.2, 0.25) is 0 Å². The summed E-state index contributed by atoms with van der Waals surface area (Å²) >= 11 is 0. The summed E-state index contributed by atoms with van der Waals surface area (Å²) in [5.41, 5.74) is 0. The van der Waals surface area contributed by atoms with Crippen LogP contribution in [0, 0.1) is 11.8 Å². The van der Waals surface area contributed by atoms with Crippen LogP contribution in [0.15, 0.2) is 0 Å². The molecule has 0 heterocycles. The number of nitrogens with one attached hydrogen (secondary N) is 2. The van der Waals surface area contributed by atoms with Crippen LogP contribution in [0.5, 0.6) is 0 Å². The van der Waals surface area contributed by atoms with Crippen molar-refractivity contribution in [3.63, 3.8) is 0 Å². The third-order valence-corrected chi connectivity index (χ3v) is 4.30. The van der Waals surface area contributed by atoms with E-state index in [9.17, 15) is 9.59 Å². The Balaban J connectivity index is 2.32. The van der Waals surface area contributed by atoms with E-state index in [1.165, 1.54) is 0 Å². The number of urea groups is 1. The number of carbonyl (C=O) groups is 2. The molecule has 0 spiro atoms. The molecule has 1 unspecified atom stereocenters. The first-order valence-corrected chi connectivity index (χ1v) is 7.71. The van der Waals surface area contributed by atoms with Crippen molar-refractivity contribution in [2.45, 2.75) is 52.0 Å². The van der Waals surface area contributed by atoms with Crippen molar-refractivity contribution in [3.8, 4) is 0 Å². The average Bonchev–Trinajstić information content (AvgIpc) is 2.46. The minimum atomic E-state index is 0.00805. The standard InChI is InChI=1S/C15H29N3O2/c1-5-11(2)10-18(4)15(20)17-13-8-6-12(7-9-13)14(19)16-3/h11-13H,5-10H2,1-4H3,(H,16,19)(H,17,20). The van der Waals surface area contributed by atoms with E-state index in [0.29, 0.717) is 5.92 Å². The Bertz CT molecular complexity index is 325. The molecular formula is C15H29N3O2. The Hall–Kier alpha value is -1.26. The summed E-state index contributed by atoms with van der Waals surface area (Å²) in [6, 6.07) is 0.219. The molecule has 2 N–H and O–H groups in total. The fourth-order valence-corrected chi connectivity index (χ4v) is 2.67. The van der Waals surface area contributed by atoms with Gasteiger partial charge in [0.25, 0.3) is 0 Å². The Morgan fingerprint density at radius 3 is 2.35 bits per heavy atom. The lowest BCUT2D eigenvalue weighted by atomic mass is 9.85. The lowest BCUT2D eigenvalue weighted by molar-refractivity contribution is -0.125. The van der Waals surface area contributed by atoms with E-state index in [-0.39, 0.29) is 23.9 Å². The molecule has 20 heavy (non-hydrogen) atoms. The van der Waals surface area contributed by atoms with Crippen molar-refractivity contribution in [2.75, 3.05) is 20.6 Å². The van der Waals surface area contributed by atoms with Crippen LogP contribution >= 0.6 is 0 Å². The second-order valence-electron chi connectivity index (χ2n) is 6.01. The maximum absolute atomic E-state index is 12.1. The summed E-state index contributed by atoms with van der Waals surface area (Å²) in [7, 11) is 3.53. The van der Waals surface area contributed by atoms with E-state index in [1.54, 1.807) is 11.9 Å². The molecule has 1 rings (SSSR count). The minimum Gasteiger partial charge on any atom is -0.359 e. The quantitative estimate of drug-likeness (QED) is 0.810. The van der Waals surface area contributed by atoms with Gasteiger partial charge in [0.15, 0.2) is 0 Å². The smallest absolute Gasteiger partial charge is 0.317 e. The molecule has 5 nitrogen and oxygen atoms in total. The number of amides is 3. The second kappa shape index (κ2) is 8.12. The highest BCUT2D eigenvalue weighted by atomic mass is 16.2. The van der Waals surface area contributed by atoms with E-state index >= 15 is 0 Å². The largest absolute Gasteiger partial charge is 0.359 e. The van der Waals surface area contributed by atoms with Gasteiger partial charge in [-0.25, -0.2) is 4.79 Å². The Labute approximate surface area is 122 Å². The van der Waals surface area contributed by atoms with Crippen LogP contribution in [-0.4, -0.2) is 43.5 Å². The highest BCUT2D eigenvalue weighted by Crippen LogP contribution is 2.24. The van der Waals surface area contributed by atoms with Crippen LogP contribution in [0.1, 0.15) is 46.0 Å². The lowest BCUT2D eigenvalue weighted by Gasteiger charge is -2.30. The number of nitrogens with zero attached hydrogens (tertiary/aromatic N) is 1. The van der Waals surface area contributed by atoms with Crippen molar-refractivity contribution in [1.82, 2.24) is 15.5 Å². The zero-order chi connectivity index (χ0) is 15.1. The number of carbonyl (C=O) groups excluding carboxylic acids is 2. The summed E-state index contributed by atoms with van der Waals surface area (Å²) in [5, 5.41) is 5.78. The van der Waals surface area contributed by atoms with Gasteiger partial charge in [-0.15, -0.1) is 0 Å². The minimum absolute atomic E-state index is 0.00805. The van der Waals surface area contributed by atoms with Gasteiger partial charge in [-0.05, 0) is 31.6 Å². The van der Waals surface area contributed by atoms with Crippen molar-refractivity contribution >= 4 is 11.9 Å². The molecular weight excluding hydrogens is 254 g/mol. The Kier molecular flexibility index (Phi) is 6.82. The first-order valence-electron chi connectivity index (χ1n) is 7.71. The van der Waals surface area contributed by atoms with E-state index in [4.69, 9.17) is 0 Å². The molecule has 0 aromatic rings. The highest BCUT2D eigenvalue weighted by molar-refractivity contribution is 5.78. The number of rotatable bonds is 5. The normalized spacial score (nSPS) is 23.8. The van der Waals surface area contributed by atoms with Gasteiger partial charge in [-0.1, -0.05) is 20.3 Å². The number of hydrogen-bond acceptors (Lipinski definition) is 2. The first-order chi connectivity index (χ1) is 9.47. The summed E-state index contributed by atoms with van der Waals surface area (Å²) in [4.78, 5) is 25.4. The summed E-state index contributed by atoms with van der Waals surface area (Å²) in [6.45, 7) is 5.07. The molecule has 0 aliphatic heterocycles. The Morgan fingerprint density at radius 2 is 1.85 bits per heavy atom. The van der Waals surface area contributed by atoms with Crippen LogP contribution < -0.4 is 10.6 Å². The van der Waals surface area contributed by atoms with Gasteiger partial charge in [0.2, 0.25) is 5.91 Å². The van der Waals surface area contributed by atoms with Crippen molar-refractivity contribution in [1.29, 1.82) is 0 Å². The summed E-state index contributed by atoms with van der Waals surface area (Å²) in [5.74, 6) is 0.768. The van der Waals surface area contributed by atoms with Crippen LogP contribution in [0.25, 0.3) is 0 Å². The van der Waals surface area contributed by atoms with E-state index < -0.39 is 0 Å². The van der Waals surface area contributed by atoms with Gasteiger partial charge >= 0.3 is 6.03 Å². The third kappa shape index (κ3) is 5.02. The molecule has 0 aromatic heterocycles. The molecule has 0 bridgehead atoms. The van der Waals surface area contributed by atoms with Crippen LogP contribution in [0.4, 0.5) is 4.79 Å². The van der Waals surface area contributed by atoms with Gasteiger partial charge < -0.3 is 15.5 Å². The lowest BCUT2D eigenvalue weighted by Crippen LogP contribution is -2.46. The highest BCUT2D eigenvalue weighted by Gasteiger charge is 2.27. The fraction of sp³-hybridized carbons (Fsp3) is 0.867. The maximum atomic E-state index is 12.1. The van der Waals surface area contributed by atoms with E-state index in [2.05, 4.69) is 24.5 Å². The molecule has 0 aromatic carbocycles. The van der Waals surface area contributed by atoms with Gasteiger partial charge in [0.1, 0.15) is 0 Å². The molecule has 116 valence electrons. The summed E-state index contributed by atoms with van der Waals surface area (Å²) < 4.78 is 0. The van der Waals surface area contributed by atoms with Gasteiger partial charge in [0, 0.05) is 32.6 Å². The maximum Gasteiger partial charge on any atom is 0.317 e. The zero-order valence-corrected chi connectivity index (χ0v) is 13.2. The molecule has 1 fully saturated rings. The first kappa shape index (κ1) is 16.8. The monoisotopic (exact) mass is 283 g/mol. The fourth-order valence-electron chi connectivity index (χ4n) is 2.67. The van der Waals surface area contributed by atoms with Crippen molar-refractivity contribution in [2.24, 2.45) is 11.8 Å². The summed E-state index contributed by atoms with van der Waals surface area (Å²) in [6.07, 6.45) is 4.58. The Morgan fingerprint density at radius 1 is 1.25 bits per heavy atom. The van der Waals surface area contributed by atoms with E-state index in [0.717, 1.165) is 38.6 Å². The van der Waals surface area contributed by atoms with Crippen LogP contribution in [0.3, 0.4) is 0 Å². The van der Waals surface area contributed by atoms with Gasteiger partial charge in [0.05, 0.1) is 0 Å². The second-order valence-corrected chi connectivity index (χ2v) is 6.01. The SMILES string of the molecule is CCC(C)CN(C)C(=O)NC1CCC(C(=O)NC)CC1. The van der Waals surface area contributed by atoms with Crippen LogP contribution in [-0.2, 0) is 4.79 Å². The van der Waals surface area contributed by atoms with Crippen molar-refractivity contribution < 1.29 is 9.59 Å². The molecule has 1 saturated carbocycles. The van der Waals surface area contributed by atoms with Gasteiger partial charge in [-0.3, -0.25) is 4.79 Å². The molecule has 1 aliphatic carbocycles. The van der Waals surface area contributed by atoms with Crippen molar-refractivity contribution in [3.05, 3.63) is 0 Å². The molecule has 3 amide bonds. The molecule has 1 atom stereocenters. The molecule has 0 radical (unpaired) electrons. The number of hydrogen-bond donors (Lipinski definition) is 2. The topological polar surface area (TPSA) is 61.4 Å². The average molecular weight is 283 g/mol. The van der Waals surface area contributed by atoms with E-state index in [1.807, 2.05) is 7.05 Å². The predicted molar refractivity (Wildman–Crippen MR) is 80.4 cm³/mol. The van der Waals surface area contributed by atoms with Gasteiger partial charge in [-0.2, -0.15) is 0 Å². The zero-order valence-electron chi connectivity index (χ0n) is 13.2. The molecule has 0 saturated heterocycles. The third-order valence-electron chi connectivity index (χ3n) is 4.30. The molecule has 5 heteroatoms.